The SMILES string of the molecule is COc1cc(N2CCN(CCCCCC(=O)N[C@H](C(=O)N3C[C@H](O)C[C@H]3C(=O)NCc3ccc(-c4scnc4C)cc3)C(C)(C)C)CC2)c(-c2cnn(C)c2)cc1Nc1ncc(Br)c(Nc2ccc3nccnc3c2P(C)(C)=O)n1. The normalized spacial score (nSPS) is 16.4. The van der Waals surface area contributed by atoms with E-state index in [9.17, 15) is 24.1 Å². The number of aliphatic hydroxyl groups excluding tert-OH is 1. The molecule has 0 unspecified atom stereocenters. The average Bonchev–Trinajstić information content (AvgIpc) is 4.29. The van der Waals surface area contributed by atoms with Crippen molar-refractivity contribution < 1.29 is 28.8 Å². The van der Waals surface area contributed by atoms with E-state index >= 15 is 0 Å². The number of hydrogen-bond donors (Lipinski definition) is 5. The summed E-state index contributed by atoms with van der Waals surface area (Å²) in [5.41, 5.74) is 9.49. The van der Waals surface area contributed by atoms with Crippen LogP contribution in [0.4, 0.5) is 28.8 Å². The number of unbranched alkanes of at least 4 members (excludes halogenated alkanes) is 2. The van der Waals surface area contributed by atoms with Crippen molar-refractivity contribution in [3.05, 3.63) is 101 Å². The zero-order valence-corrected chi connectivity index (χ0v) is 49.8. The van der Waals surface area contributed by atoms with Gasteiger partial charge in [-0.15, -0.1) is 11.3 Å². The summed E-state index contributed by atoms with van der Waals surface area (Å²) in [6.07, 6.45) is 10.6. The van der Waals surface area contributed by atoms with Crippen LogP contribution >= 0.6 is 34.4 Å². The van der Waals surface area contributed by atoms with Crippen molar-refractivity contribution >= 4 is 97.3 Å². The molecular weight excluding hydrogens is 1120 g/mol. The Bertz CT molecular complexity index is 3410. The number of fused-ring (bicyclic) bond motifs is 1. The first kappa shape index (κ1) is 57.8. The number of piperazine rings is 1. The number of carbonyl (C=O) groups excluding carboxylic acids is 3. The number of likely N-dealkylation sites (tertiary alicyclic amines) is 1. The van der Waals surface area contributed by atoms with Crippen molar-refractivity contribution in [2.75, 3.05) is 75.2 Å². The number of halogens is 1. The summed E-state index contributed by atoms with van der Waals surface area (Å²) in [6.45, 7) is 15.5. The van der Waals surface area contributed by atoms with E-state index in [-0.39, 0.29) is 43.7 Å². The maximum atomic E-state index is 14.2. The Hall–Kier alpha value is -6.84. The minimum atomic E-state index is -2.83. The molecule has 23 heteroatoms. The second-order valence-electron chi connectivity index (χ2n) is 21.9. The van der Waals surface area contributed by atoms with Gasteiger partial charge < -0.3 is 45.5 Å². The molecule has 6 heterocycles. The molecule has 2 saturated heterocycles. The van der Waals surface area contributed by atoms with Gasteiger partial charge in [-0.1, -0.05) is 51.5 Å². The maximum absolute atomic E-state index is 14.2. The summed E-state index contributed by atoms with van der Waals surface area (Å²) < 4.78 is 22.0. The molecule has 0 radical (unpaired) electrons. The third-order valence-corrected chi connectivity index (χ3v) is 17.6. The van der Waals surface area contributed by atoms with Gasteiger partial charge in [0.05, 0.1) is 62.2 Å². The molecule has 4 aromatic heterocycles. The Morgan fingerprint density at radius 3 is 2.38 bits per heavy atom. The molecule has 0 bridgehead atoms. The van der Waals surface area contributed by atoms with Crippen LogP contribution in [0, 0.1) is 12.3 Å². The Labute approximate surface area is 479 Å². The Morgan fingerprint density at radius 2 is 1.69 bits per heavy atom. The largest absolute Gasteiger partial charge is 0.494 e. The van der Waals surface area contributed by atoms with Crippen LogP contribution in [0.25, 0.3) is 32.6 Å². The lowest BCUT2D eigenvalue weighted by Gasteiger charge is -2.37. The molecule has 20 nitrogen and oxygen atoms in total. The zero-order chi connectivity index (χ0) is 56.9. The fourth-order valence-corrected chi connectivity index (χ4v) is 12.8. The van der Waals surface area contributed by atoms with Gasteiger partial charge in [0.2, 0.25) is 23.7 Å². The second kappa shape index (κ2) is 24.9. The number of aliphatic hydroxyl groups is 1. The molecule has 9 rings (SSSR count). The summed E-state index contributed by atoms with van der Waals surface area (Å²) in [6, 6.07) is 14.0. The quantitative estimate of drug-likeness (QED) is 0.0357. The van der Waals surface area contributed by atoms with Gasteiger partial charge >= 0.3 is 0 Å². The summed E-state index contributed by atoms with van der Waals surface area (Å²) in [5.74, 6) is 0.435. The van der Waals surface area contributed by atoms with Gasteiger partial charge in [0.25, 0.3) is 0 Å². The highest BCUT2D eigenvalue weighted by atomic mass is 79.9. The summed E-state index contributed by atoms with van der Waals surface area (Å²) in [4.78, 5) is 71.3. The van der Waals surface area contributed by atoms with Crippen molar-refractivity contribution in [2.24, 2.45) is 12.5 Å². The van der Waals surface area contributed by atoms with Gasteiger partial charge in [0.1, 0.15) is 36.3 Å². The molecule has 422 valence electrons. The van der Waals surface area contributed by atoms with Crippen molar-refractivity contribution in [1.29, 1.82) is 0 Å². The van der Waals surface area contributed by atoms with Crippen LogP contribution < -0.4 is 36.2 Å². The van der Waals surface area contributed by atoms with Crippen molar-refractivity contribution in [2.45, 2.75) is 84.5 Å². The van der Waals surface area contributed by atoms with Crippen LogP contribution in [0.5, 0.6) is 5.75 Å². The van der Waals surface area contributed by atoms with Crippen LogP contribution in [-0.2, 0) is 32.5 Å². The first-order valence-corrected chi connectivity index (χ1v) is 31.1. The lowest BCUT2D eigenvalue weighted by molar-refractivity contribution is -0.144. The number of benzene rings is 3. The number of nitrogens with one attached hydrogen (secondary N) is 4. The Kier molecular flexibility index (Phi) is 18.0. The molecule has 0 aliphatic carbocycles. The smallest absolute Gasteiger partial charge is 0.246 e. The first-order valence-electron chi connectivity index (χ1n) is 26.8. The molecule has 0 spiro atoms. The Morgan fingerprint density at radius 1 is 0.925 bits per heavy atom. The van der Waals surface area contributed by atoms with E-state index in [1.807, 2.05) is 101 Å². The molecule has 3 aromatic carbocycles. The average molecular weight is 1190 g/mol. The van der Waals surface area contributed by atoms with Crippen molar-refractivity contribution in [3.8, 4) is 27.3 Å². The predicted octanol–water partition coefficient (Wildman–Crippen LogP) is 8.25. The van der Waals surface area contributed by atoms with Crippen molar-refractivity contribution in [3.63, 3.8) is 0 Å². The van der Waals surface area contributed by atoms with Crippen LogP contribution in [0.2, 0.25) is 0 Å². The third kappa shape index (κ3) is 13.7. The number of anilines is 5. The number of amides is 3. The van der Waals surface area contributed by atoms with E-state index in [1.165, 1.54) is 4.90 Å². The topological polar surface area (TPSA) is 238 Å². The number of hydrogen-bond acceptors (Lipinski definition) is 17. The number of methoxy groups -OCH3 is 1. The summed E-state index contributed by atoms with van der Waals surface area (Å²) in [5, 5.41) is 28.5. The number of aryl methyl sites for hydroxylation is 2. The highest BCUT2D eigenvalue weighted by Gasteiger charge is 2.44. The number of nitrogens with zero attached hydrogens (tertiary/aromatic N) is 10. The third-order valence-electron chi connectivity index (χ3n) is 14.5. The summed E-state index contributed by atoms with van der Waals surface area (Å²) in [7, 11) is 0.701. The monoisotopic (exact) mass is 1190 g/mol. The molecule has 5 N–H and O–H groups in total. The molecule has 0 saturated carbocycles. The van der Waals surface area contributed by atoms with Gasteiger partial charge in [-0.3, -0.25) is 33.9 Å². The van der Waals surface area contributed by atoms with Crippen LogP contribution in [0.1, 0.15) is 64.1 Å². The lowest BCUT2D eigenvalue weighted by Crippen LogP contribution is -2.57. The van der Waals surface area contributed by atoms with Gasteiger partial charge in [-0.05, 0) is 90.3 Å². The molecular formula is C57H70BrN14O6PS. The first-order chi connectivity index (χ1) is 38.2. The molecule has 2 aliphatic heterocycles. The van der Waals surface area contributed by atoms with Crippen LogP contribution in [0.15, 0.2) is 89.5 Å². The van der Waals surface area contributed by atoms with E-state index in [1.54, 1.807) is 55.0 Å². The lowest BCUT2D eigenvalue weighted by atomic mass is 9.85. The van der Waals surface area contributed by atoms with E-state index in [0.717, 1.165) is 84.1 Å². The molecule has 2 fully saturated rings. The summed E-state index contributed by atoms with van der Waals surface area (Å²) >= 11 is 5.18. The van der Waals surface area contributed by atoms with E-state index in [2.05, 4.69) is 72.0 Å². The minimum absolute atomic E-state index is 0.0154. The zero-order valence-electron chi connectivity index (χ0n) is 46.5. The minimum Gasteiger partial charge on any atom is -0.494 e. The highest BCUT2D eigenvalue weighted by molar-refractivity contribution is 9.10. The molecule has 7 aromatic rings. The van der Waals surface area contributed by atoms with Gasteiger partial charge in [0, 0.05) is 107 Å². The number of ether oxygens (including phenoxy) is 1. The molecule has 3 atom stereocenters. The maximum Gasteiger partial charge on any atom is 0.246 e. The van der Waals surface area contributed by atoms with Gasteiger partial charge in [-0.25, -0.2) is 9.97 Å². The molecule has 80 heavy (non-hydrogen) atoms. The number of aromatic nitrogens is 7. The number of carbonyl (C=O) groups is 3. The second-order valence-corrected chi connectivity index (χ2v) is 26.8. The molecule has 2 aliphatic rings. The van der Waals surface area contributed by atoms with Crippen LogP contribution in [0.3, 0.4) is 0 Å². The molecule has 3 amide bonds. The highest BCUT2D eigenvalue weighted by Crippen LogP contribution is 2.43. The Balaban J connectivity index is 0.774. The fraction of sp³-hybridized carbons (Fsp3) is 0.421. The van der Waals surface area contributed by atoms with Crippen LogP contribution in [-0.4, -0.2) is 145 Å². The van der Waals surface area contributed by atoms with Gasteiger partial charge in [0.15, 0.2) is 0 Å². The number of β-amino-alcohol motifs (C(OH)–C–C–N with tert-alkyl or cyclic N) is 1. The number of rotatable bonds is 20. The fourth-order valence-electron chi connectivity index (χ4n) is 10.3. The van der Waals surface area contributed by atoms with Crippen molar-refractivity contribution in [1.82, 2.24) is 55.1 Å². The van der Waals surface area contributed by atoms with E-state index in [0.29, 0.717) is 56.1 Å². The number of thiazole rings is 1. The van der Waals surface area contributed by atoms with E-state index < -0.39 is 30.7 Å². The van der Waals surface area contributed by atoms with Gasteiger partial charge in [-0.2, -0.15) is 10.1 Å². The van der Waals surface area contributed by atoms with E-state index in [4.69, 9.17) is 9.72 Å². The standard InChI is InChI=1S/C57H70BrN14O6PS/c1-35-51(80-34-63-35)37-15-13-36(14-16-37)29-61-54(75)46-26-39(73)33-72(46)55(76)52(57(2,3)4)67-48(74)12-10-9-11-21-70-22-24-71(25-23-70)45-28-47(78-6)44(27-40(45)38-30-64-69(5)32-38)66-56-62-31-41(58)53(68-56)65-43-18-17-42-49(60-20-19-59-42)50(43)79(7,8)77/h13-20,27-28,30-32,34,39,46,52,73H,9-12,21-26,29,33H2,1-8H3,(H,61,75)(H,67,74)(H2,62,65,66,68)/t39-,46+,52-/m1/s1. The predicted molar refractivity (Wildman–Crippen MR) is 319 cm³/mol.